The second kappa shape index (κ2) is 6.38. The van der Waals surface area contributed by atoms with Crippen molar-refractivity contribution in [2.45, 2.75) is 24.8 Å². The third-order valence-electron chi connectivity index (χ3n) is 2.78. The summed E-state index contributed by atoms with van der Waals surface area (Å²) in [6.07, 6.45) is 0. The topological polar surface area (TPSA) is 38.0 Å². The first kappa shape index (κ1) is 13.6. The summed E-state index contributed by atoms with van der Waals surface area (Å²) in [5.74, 6) is 6.79. The first-order valence-corrected chi connectivity index (χ1v) is 7.85. The van der Waals surface area contributed by atoms with Gasteiger partial charge in [-0.2, -0.15) is 0 Å². The molecule has 0 radical (unpaired) electrons. The maximum atomic E-state index is 5.69. The Kier molecular flexibility index (Phi) is 4.83. The molecule has 0 amide bonds. The van der Waals surface area contributed by atoms with E-state index in [0.717, 1.165) is 5.75 Å². The number of benzene rings is 1. The van der Waals surface area contributed by atoms with Crippen LogP contribution in [0.1, 0.15) is 29.0 Å². The molecule has 0 saturated carbocycles. The van der Waals surface area contributed by atoms with E-state index in [1.807, 2.05) is 11.8 Å². The Balaban J connectivity index is 2.22. The second-order valence-corrected chi connectivity index (χ2v) is 6.55. The molecule has 2 nitrogen and oxygen atoms in total. The summed E-state index contributed by atoms with van der Waals surface area (Å²) < 4.78 is 0. The molecular weight excluding hydrogens is 260 g/mol. The second-order valence-electron chi connectivity index (χ2n) is 4.09. The summed E-state index contributed by atoms with van der Waals surface area (Å²) in [5.41, 5.74) is 5.34. The Morgan fingerprint density at radius 1 is 1.28 bits per heavy atom. The molecule has 18 heavy (non-hydrogen) atoms. The molecule has 0 aliphatic rings. The first-order chi connectivity index (χ1) is 8.74. The molecule has 3 N–H and O–H groups in total. The highest BCUT2D eigenvalue weighted by molar-refractivity contribution is 7.99. The predicted octanol–water partition coefficient (Wildman–Crippen LogP) is 3.72. The molecule has 0 saturated heterocycles. The number of thioether (sulfide) groups is 1. The number of hydrogen-bond donors (Lipinski definition) is 2. The molecule has 0 aliphatic heterocycles. The van der Waals surface area contributed by atoms with Gasteiger partial charge in [-0.15, -0.1) is 23.1 Å². The molecule has 1 unspecified atom stereocenters. The lowest BCUT2D eigenvalue weighted by molar-refractivity contribution is 0.638. The van der Waals surface area contributed by atoms with Crippen LogP contribution in [0.15, 0.2) is 40.6 Å². The Bertz CT molecular complexity index is 491. The highest BCUT2D eigenvalue weighted by Gasteiger charge is 2.13. The standard InChI is InChI=1S/C14H18N2S2/c1-3-17-13-6-4-11(5-7-13)14(16-15)12-8-10(2)18-9-12/h4-9,14,16H,3,15H2,1-2H3. The highest BCUT2D eigenvalue weighted by Crippen LogP contribution is 2.27. The summed E-state index contributed by atoms with van der Waals surface area (Å²) in [5, 5.41) is 2.16. The van der Waals surface area contributed by atoms with Gasteiger partial charge in [0.1, 0.15) is 0 Å². The van der Waals surface area contributed by atoms with Gasteiger partial charge in [0.05, 0.1) is 6.04 Å². The lowest BCUT2D eigenvalue weighted by Gasteiger charge is -2.15. The van der Waals surface area contributed by atoms with E-state index in [-0.39, 0.29) is 6.04 Å². The fourth-order valence-corrected chi connectivity index (χ4v) is 3.32. The predicted molar refractivity (Wildman–Crippen MR) is 81.1 cm³/mol. The highest BCUT2D eigenvalue weighted by atomic mass is 32.2. The maximum Gasteiger partial charge on any atom is 0.0718 e. The molecule has 4 heteroatoms. The van der Waals surface area contributed by atoms with Gasteiger partial charge >= 0.3 is 0 Å². The molecule has 2 aromatic rings. The number of nitrogens with two attached hydrogens (primary N) is 1. The molecule has 0 bridgehead atoms. The van der Waals surface area contributed by atoms with E-state index in [0.29, 0.717) is 0 Å². The van der Waals surface area contributed by atoms with Gasteiger partial charge in [-0.1, -0.05) is 19.1 Å². The van der Waals surface area contributed by atoms with Gasteiger partial charge in [0.15, 0.2) is 0 Å². The fourth-order valence-electron chi connectivity index (χ4n) is 1.92. The van der Waals surface area contributed by atoms with Crippen molar-refractivity contribution in [3.05, 3.63) is 51.7 Å². The van der Waals surface area contributed by atoms with Crippen molar-refractivity contribution in [2.24, 2.45) is 5.84 Å². The summed E-state index contributed by atoms with van der Waals surface area (Å²) in [6.45, 7) is 4.28. The minimum absolute atomic E-state index is 0.0793. The third-order valence-corrected chi connectivity index (χ3v) is 4.55. The number of aryl methyl sites for hydroxylation is 1. The first-order valence-electron chi connectivity index (χ1n) is 5.98. The summed E-state index contributed by atoms with van der Waals surface area (Å²) >= 11 is 3.61. The van der Waals surface area contributed by atoms with Crippen LogP contribution >= 0.6 is 23.1 Å². The van der Waals surface area contributed by atoms with Crippen LogP contribution in [-0.4, -0.2) is 5.75 Å². The SMILES string of the molecule is CCSc1ccc(C(NN)c2csc(C)c2)cc1. The van der Waals surface area contributed by atoms with Gasteiger partial charge in [-0.3, -0.25) is 5.84 Å². The Morgan fingerprint density at radius 2 is 2.00 bits per heavy atom. The quantitative estimate of drug-likeness (QED) is 0.497. The lowest BCUT2D eigenvalue weighted by Crippen LogP contribution is -2.28. The van der Waals surface area contributed by atoms with Gasteiger partial charge in [0.2, 0.25) is 0 Å². The average molecular weight is 278 g/mol. The van der Waals surface area contributed by atoms with Gasteiger partial charge in [-0.25, -0.2) is 5.43 Å². The van der Waals surface area contributed by atoms with Crippen molar-refractivity contribution in [2.75, 3.05) is 5.75 Å². The number of rotatable bonds is 5. The van der Waals surface area contributed by atoms with Gasteiger partial charge in [0.25, 0.3) is 0 Å². The van der Waals surface area contributed by atoms with E-state index < -0.39 is 0 Å². The van der Waals surface area contributed by atoms with E-state index in [1.165, 1.54) is 20.9 Å². The van der Waals surface area contributed by atoms with Crippen LogP contribution in [0.2, 0.25) is 0 Å². The van der Waals surface area contributed by atoms with Crippen LogP contribution in [-0.2, 0) is 0 Å². The van der Waals surface area contributed by atoms with E-state index in [1.54, 1.807) is 11.3 Å². The molecule has 1 atom stereocenters. The molecule has 2 rings (SSSR count). The normalized spacial score (nSPS) is 12.6. The van der Waals surface area contributed by atoms with E-state index in [4.69, 9.17) is 5.84 Å². The molecule has 1 aromatic carbocycles. The number of thiophene rings is 1. The van der Waals surface area contributed by atoms with Gasteiger partial charge in [0, 0.05) is 9.77 Å². The molecular formula is C14H18N2S2. The van der Waals surface area contributed by atoms with E-state index in [2.05, 4.69) is 55.0 Å². The van der Waals surface area contributed by atoms with Crippen LogP contribution in [0.4, 0.5) is 0 Å². The summed E-state index contributed by atoms with van der Waals surface area (Å²) in [4.78, 5) is 2.61. The number of hydrogen-bond acceptors (Lipinski definition) is 4. The molecule has 0 spiro atoms. The fraction of sp³-hybridized carbons (Fsp3) is 0.286. The Labute approximate surface area is 117 Å². The summed E-state index contributed by atoms with van der Waals surface area (Å²) in [7, 11) is 0. The van der Waals surface area contributed by atoms with Crippen molar-refractivity contribution >= 4 is 23.1 Å². The van der Waals surface area contributed by atoms with Crippen molar-refractivity contribution in [1.82, 2.24) is 5.43 Å². The molecule has 1 heterocycles. The molecule has 0 aliphatic carbocycles. The maximum absolute atomic E-state index is 5.69. The molecule has 96 valence electrons. The van der Waals surface area contributed by atoms with Crippen LogP contribution in [0.3, 0.4) is 0 Å². The molecule has 0 fully saturated rings. The minimum Gasteiger partial charge on any atom is -0.271 e. The van der Waals surface area contributed by atoms with Crippen LogP contribution in [0, 0.1) is 6.92 Å². The number of nitrogens with one attached hydrogen (secondary N) is 1. The Hall–Kier alpha value is -0.810. The van der Waals surface area contributed by atoms with Crippen molar-refractivity contribution < 1.29 is 0 Å². The lowest BCUT2D eigenvalue weighted by atomic mass is 10.0. The average Bonchev–Trinajstić information content (AvgIpc) is 2.79. The van der Waals surface area contributed by atoms with Gasteiger partial charge in [-0.05, 0) is 47.4 Å². The monoisotopic (exact) mass is 278 g/mol. The summed E-state index contributed by atoms with van der Waals surface area (Å²) in [6, 6.07) is 10.9. The number of hydrazine groups is 1. The van der Waals surface area contributed by atoms with Crippen molar-refractivity contribution in [3.63, 3.8) is 0 Å². The third kappa shape index (κ3) is 3.14. The zero-order chi connectivity index (χ0) is 13.0. The van der Waals surface area contributed by atoms with Crippen LogP contribution in [0.25, 0.3) is 0 Å². The smallest absolute Gasteiger partial charge is 0.0718 e. The molecule has 1 aromatic heterocycles. The van der Waals surface area contributed by atoms with Crippen LogP contribution in [0.5, 0.6) is 0 Å². The Morgan fingerprint density at radius 3 is 2.50 bits per heavy atom. The van der Waals surface area contributed by atoms with Gasteiger partial charge < -0.3 is 0 Å². The van der Waals surface area contributed by atoms with E-state index >= 15 is 0 Å². The van der Waals surface area contributed by atoms with E-state index in [9.17, 15) is 0 Å². The minimum atomic E-state index is 0.0793. The van der Waals surface area contributed by atoms with Crippen LogP contribution < -0.4 is 11.3 Å². The zero-order valence-electron chi connectivity index (χ0n) is 10.6. The largest absolute Gasteiger partial charge is 0.271 e. The van der Waals surface area contributed by atoms with Crippen molar-refractivity contribution in [1.29, 1.82) is 0 Å². The van der Waals surface area contributed by atoms with Crippen molar-refractivity contribution in [3.8, 4) is 0 Å². The zero-order valence-corrected chi connectivity index (χ0v) is 12.3.